The van der Waals surface area contributed by atoms with Crippen LogP contribution in [-0.2, 0) is 28.6 Å². The van der Waals surface area contributed by atoms with Crippen molar-refractivity contribution in [1.29, 1.82) is 0 Å². The minimum atomic E-state index is -0.542. The van der Waals surface area contributed by atoms with Crippen LogP contribution in [0.2, 0.25) is 0 Å². The Bertz CT molecular complexity index is 714. The number of hydrogen-bond acceptors (Lipinski definition) is 7. The SMILES string of the molecule is CCC(C)(C)C(=O)OC1COC(=O)C1.CCC(C)C(=O)OC12CC3CC(CC(O)(C3)C1)C2. The minimum absolute atomic E-state index is 0.0207. The van der Waals surface area contributed by atoms with Gasteiger partial charge in [-0.15, -0.1) is 0 Å². The first-order chi connectivity index (χ1) is 14.9. The highest BCUT2D eigenvalue weighted by molar-refractivity contribution is 5.77. The first-order valence-corrected chi connectivity index (χ1v) is 12.2. The van der Waals surface area contributed by atoms with Crippen LogP contribution in [0.25, 0.3) is 0 Å². The molecule has 5 fully saturated rings. The Morgan fingerprint density at radius 2 is 1.81 bits per heavy atom. The fraction of sp³-hybridized carbons (Fsp3) is 0.880. The summed E-state index contributed by atoms with van der Waals surface area (Å²) >= 11 is 0. The molecule has 0 aromatic rings. The van der Waals surface area contributed by atoms with E-state index in [2.05, 4.69) is 0 Å². The van der Waals surface area contributed by atoms with Gasteiger partial charge in [0.25, 0.3) is 0 Å². The van der Waals surface area contributed by atoms with Gasteiger partial charge >= 0.3 is 17.9 Å². The third kappa shape index (κ3) is 5.64. The summed E-state index contributed by atoms with van der Waals surface area (Å²) in [6.45, 7) is 9.72. The summed E-state index contributed by atoms with van der Waals surface area (Å²) in [5.41, 5.74) is -1.36. The van der Waals surface area contributed by atoms with Gasteiger partial charge in [-0.25, -0.2) is 0 Å². The zero-order valence-electron chi connectivity index (χ0n) is 20.3. The van der Waals surface area contributed by atoms with E-state index in [-0.39, 0.29) is 48.6 Å². The van der Waals surface area contributed by atoms with Gasteiger partial charge in [-0.1, -0.05) is 20.8 Å². The van der Waals surface area contributed by atoms with Gasteiger partial charge in [0.15, 0.2) is 0 Å². The first kappa shape index (κ1) is 25.0. The Kier molecular flexibility index (Phi) is 7.28. The van der Waals surface area contributed by atoms with Gasteiger partial charge in [0.05, 0.1) is 23.4 Å². The molecule has 4 unspecified atom stereocenters. The summed E-state index contributed by atoms with van der Waals surface area (Å²) < 4.78 is 15.7. The number of cyclic esters (lactones) is 1. The van der Waals surface area contributed by atoms with Crippen LogP contribution in [0.4, 0.5) is 0 Å². The van der Waals surface area contributed by atoms with E-state index in [1.54, 1.807) is 0 Å². The topological polar surface area (TPSA) is 99.1 Å². The van der Waals surface area contributed by atoms with Crippen LogP contribution in [-0.4, -0.2) is 46.9 Å². The maximum Gasteiger partial charge on any atom is 0.311 e. The van der Waals surface area contributed by atoms with Crippen LogP contribution in [0.3, 0.4) is 0 Å². The fourth-order valence-electron chi connectivity index (χ4n) is 5.75. The molecule has 0 spiro atoms. The molecule has 1 N–H and O–H groups in total. The van der Waals surface area contributed by atoms with E-state index in [1.807, 2.05) is 34.6 Å². The number of rotatable bonds is 6. The van der Waals surface area contributed by atoms with E-state index in [1.165, 1.54) is 6.42 Å². The Labute approximate surface area is 191 Å². The average Bonchev–Trinajstić information content (AvgIpc) is 3.10. The number of carbonyl (C=O) groups is 3. The fourth-order valence-corrected chi connectivity index (χ4v) is 5.75. The predicted molar refractivity (Wildman–Crippen MR) is 117 cm³/mol. The Balaban J connectivity index is 0.000000188. The van der Waals surface area contributed by atoms with Gasteiger partial charge in [-0.2, -0.15) is 0 Å². The molecule has 32 heavy (non-hydrogen) atoms. The smallest absolute Gasteiger partial charge is 0.311 e. The minimum Gasteiger partial charge on any atom is -0.462 e. The quantitative estimate of drug-likeness (QED) is 0.481. The van der Waals surface area contributed by atoms with Gasteiger partial charge in [0.1, 0.15) is 18.3 Å². The molecule has 7 nitrogen and oxygen atoms in total. The van der Waals surface area contributed by atoms with Crippen LogP contribution >= 0.6 is 0 Å². The first-order valence-electron chi connectivity index (χ1n) is 12.2. The zero-order valence-corrected chi connectivity index (χ0v) is 20.3. The Morgan fingerprint density at radius 3 is 2.28 bits per heavy atom. The summed E-state index contributed by atoms with van der Waals surface area (Å²) in [6, 6.07) is 0. The molecule has 4 aliphatic carbocycles. The monoisotopic (exact) mass is 452 g/mol. The second-order valence-corrected chi connectivity index (χ2v) is 11.3. The molecule has 7 heteroatoms. The molecule has 1 saturated heterocycles. The molecule has 0 aromatic carbocycles. The third-order valence-corrected chi connectivity index (χ3v) is 7.84. The van der Waals surface area contributed by atoms with E-state index in [0.717, 1.165) is 32.1 Å². The van der Waals surface area contributed by atoms with Gasteiger partial charge in [0, 0.05) is 6.42 Å². The molecule has 4 saturated carbocycles. The highest BCUT2D eigenvalue weighted by Gasteiger charge is 2.59. The van der Waals surface area contributed by atoms with Crippen molar-refractivity contribution in [2.24, 2.45) is 23.2 Å². The van der Waals surface area contributed by atoms with E-state index in [4.69, 9.17) is 14.2 Å². The number of carbonyl (C=O) groups excluding carboxylic acids is 3. The highest BCUT2D eigenvalue weighted by Crippen LogP contribution is 2.59. The lowest BCUT2D eigenvalue weighted by Gasteiger charge is -2.59. The van der Waals surface area contributed by atoms with Crippen molar-refractivity contribution in [3.05, 3.63) is 0 Å². The lowest BCUT2D eigenvalue weighted by atomic mass is 9.52. The predicted octanol–water partition coefficient (Wildman–Crippen LogP) is 3.94. The summed E-state index contributed by atoms with van der Waals surface area (Å²) in [6.07, 6.45) is 7.05. The molecule has 5 rings (SSSR count). The molecule has 1 heterocycles. The van der Waals surface area contributed by atoms with Gasteiger partial charge in [-0.3, -0.25) is 14.4 Å². The van der Waals surface area contributed by atoms with Crippen LogP contribution in [0, 0.1) is 23.2 Å². The zero-order chi connectivity index (χ0) is 23.7. The van der Waals surface area contributed by atoms with Crippen molar-refractivity contribution in [1.82, 2.24) is 0 Å². The summed E-state index contributed by atoms with van der Waals surface area (Å²) in [5, 5.41) is 10.6. The van der Waals surface area contributed by atoms with E-state index >= 15 is 0 Å². The lowest BCUT2D eigenvalue weighted by molar-refractivity contribution is -0.222. The van der Waals surface area contributed by atoms with Gasteiger partial charge in [-0.05, 0) is 70.6 Å². The molecule has 1 aliphatic heterocycles. The second kappa shape index (κ2) is 9.32. The van der Waals surface area contributed by atoms with E-state index < -0.39 is 11.0 Å². The highest BCUT2D eigenvalue weighted by atomic mass is 16.6. The molecular formula is C25H40O7. The van der Waals surface area contributed by atoms with Crippen molar-refractivity contribution in [3.8, 4) is 0 Å². The van der Waals surface area contributed by atoms with Crippen LogP contribution in [0.5, 0.6) is 0 Å². The van der Waals surface area contributed by atoms with Crippen molar-refractivity contribution < 1.29 is 33.7 Å². The maximum atomic E-state index is 12.1. The van der Waals surface area contributed by atoms with Crippen LogP contribution < -0.4 is 0 Å². The maximum absolute atomic E-state index is 12.1. The molecule has 0 aromatic heterocycles. The van der Waals surface area contributed by atoms with Gasteiger partial charge in [0.2, 0.25) is 0 Å². The van der Waals surface area contributed by atoms with Crippen molar-refractivity contribution in [3.63, 3.8) is 0 Å². The molecular weight excluding hydrogens is 412 g/mol. The summed E-state index contributed by atoms with van der Waals surface area (Å²) in [5.74, 6) is 0.498. The Hall–Kier alpha value is -1.63. The second-order valence-electron chi connectivity index (χ2n) is 11.3. The van der Waals surface area contributed by atoms with E-state index in [0.29, 0.717) is 24.7 Å². The largest absolute Gasteiger partial charge is 0.462 e. The molecule has 0 radical (unpaired) electrons. The molecule has 182 valence electrons. The summed E-state index contributed by atoms with van der Waals surface area (Å²) in [7, 11) is 0. The van der Waals surface area contributed by atoms with E-state index in [9.17, 15) is 19.5 Å². The average molecular weight is 453 g/mol. The normalized spacial score (nSPS) is 36.1. The van der Waals surface area contributed by atoms with Gasteiger partial charge < -0.3 is 19.3 Å². The number of ether oxygens (including phenoxy) is 3. The standard InChI is InChI=1S/C15H24O3.C10H16O4/c1-3-10(2)13(16)18-15-7-11-4-12(8-15)6-14(17,5-11)9-15;1-4-10(2,3)9(12)14-7-5-8(11)13-6-7/h10-12,17H,3-9H2,1-2H3;7H,4-6H2,1-3H3. The molecule has 4 atom stereocenters. The summed E-state index contributed by atoms with van der Waals surface area (Å²) in [4.78, 5) is 34.4. The van der Waals surface area contributed by atoms with Crippen molar-refractivity contribution >= 4 is 17.9 Å². The molecule has 5 aliphatic rings. The number of hydrogen-bond donors (Lipinski definition) is 1. The number of esters is 3. The van der Waals surface area contributed by atoms with Crippen LogP contribution in [0.1, 0.15) is 92.4 Å². The number of aliphatic hydroxyl groups is 1. The van der Waals surface area contributed by atoms with Crippen molar-refractivity contribution in [2.45, 2.75) is 110 Å². The third-order valence-electron chi connectivity index (χ3n) is 7.84. The van der Waals surface area contributed by atoms with Crippen LogP contribution in [0.15, 0.2) is 0 Å². The molecule has 4 bridgehead atoms. The lowest BCUT2D eigenvalue weighted by Crippen LogP contribution is -2.60. The van der Waals surface area contributed by atoms with Crippen molar-refractivity contribution in [2.75, 3.05) is 6.61 Å². The molecule has 0 amide bonds. The Morgan fingerprint density at radius 1 is 1.19 bits per heavy atom.